The van der Waals surface area contributed by atoms with Gasteiger partial charge in [0.05, 0.1) is 22.9 Å². The van der Waals surface area contributed by atoms with Gasteiger partial charge >= 0.3 is 5.97 Å². The lowest BCUT2D eigenvalue weighted by Gasteiger charge is -2.08. The Morgan fingerprint density at radius 2 is 2.09 bits per heavy atom. The van der Waals surface area contributed by atoms with E-state index in [2.05, 4.69) is 20.4 Å². The number of carbonyl (C=O) groups is 2. The number of ether oxygens (including phenoxy) is 1. The minimum atomic E-state index is -0.399. The second-order valence-electron chi connectivity index (χ2n) is 4.79. The predicted octanol–water partition coefficient (Wildman–Crippen LogP) is 2.55. The van der Waals surface area contributed by atoms with Crippen LogP contribution >= 0.6 is 23.6 Å². The number of thiocarbonyl (C=S) groups is 1. The summed E-state index contributed by atoms with van der Waals surface area (Å²) in [6, 6.07) is 5.09. The molecule has 0 saturated carbocycles. The zero-order valence-electron chi connectivity index (χ0n) is 12.3. The average molecular weight is 337 g/mol. The number of esters is 1. The van der Waals surface area contributed by atoms with Crippen LogP contribution in [0.2, 0.25) is 0 Å². The fourth-order valence-corrected chi connectivity index (χ4v) is 2.78. The largest absolute Gasteiger partial charge is 0.465 e. The Morgan fingerprint density at radius 1 is 1.36 bits per heavy atom. The molecule has 0 aliphatic heterocycles. The second-order valence-corrected chi connectivity index (χ2v) is 6.23. The Balaban J connectivity index is 2.14. The third-order valence-electron chi connectivity index (χ3n) is 2.79. The number of carbonyl (C=O) groups excluding carboxylic acids is 2. The first-order chi connectivity index (χ1) is 10.4. The highest BCUT2D eigenvalue weighted by Crippen LogP contribution is 2.27. The van der Waals surface area contributed by atoms with E-state index in [1.807, 2.05) is 0 Å². The van der Waals surface area contributed by atoms with Crippen molar-refractivity contribution in [1.82, 2.24) is 10.3 Å². The van der Waals surface area contributed by atoms with Gasteiger partial charge < -0.3 is 15.4 Å². The number of nitrogens with zero attached hydrogens (tertiary/aromatic N) is 1. The van der Waals surface area contributed by atoms with Crippen molar-refractivity contribution >= 4 is 55.9 Å². The van der Waals surface area contributed by atoms with E-state index in [1.165, 1.54) is 18.4 Å². The van der Waals surface area contributed by atoms with Gasteiger partial charge in [-0.1, -0.05) is 25.2 Å². The highest BCUT2D eigenvalue weighted by molar-refractivity contribution is 7.80. The van der Waals surface area contributed by atoms with Crippen LogP contribution in [0.1, 0.15) is 24.2 Å². The van der Waals surface area contributed by atoms with Gasteiger partial charge in [0.25, 0.3) is 0 Å². The first kappa shape index (κ1) is 16.3. The Morgan fingerprint density at radius 3 is 2.73 bits per heavy atom. The van der Waals surface area contributed by atoms with Gasteiger partial charge in [-0.25, -0.2) is 9.78 Å². The molecule has 0 bridgehead atoms. The third-order valence-corrected chi connectivity index (χ3v) is 3.93. The normalized spacial score (nSPS) is 10.5. The molecule has 1 amide bonds. The quantitative estimate of drug-likeness (QED) is 0.662. The van der Waals surface area contributed by atoms with Crippen molar-refractivity contribution in [2.24, 2.45) is 5.92 Å². The molecule has 1 aromatic heterocycles. The molecule has 2 rings (SSSR count). The van der Waals surface area contributed by atoms with Gasteiger partial charge in [0.2, 0.25) is 5.91 Å². The van der Waals surface area contributed by atoms with Gasteiger partial charge in [0.1, 0.15) is 0 Å². The van der Waals surface area contributed by atoms with Gasteiger partial charge in [-0.15, -0.1) is 0 Å². The molecule has 0 fully saturated rings. The van der Waals surface area contributed by atoms with Crippen LogP contribution in [0.15, 0.2) is 18.2 Å². The SMILES string of the molecule is COC(=O)c1ccc2nc(NC(=S)NC(=O)C(C)C)sc2c1. The fraction of sp³-hybridized carbons (Fsp3) is 0.286. The standard InChI is InChI=1S/C14H15N3O3S2/c1-7(2)11(18)16-13(21)17-14-15-9-5-4-8(12(19)20-3)6-10(9)22-14/h4-7H,1-3H3,(H2,15,16,17,18,21). The Kier molecular flexibility index (Phi) is 5.04. The minimum absolute atomic E-state index is 0.155. The number of rotatable bonds is 3. The summed E-state index contributed by atoms with van der Waals surface area (Å²) < 4.78 is 5.51. The van der Waals surface area contributed by atoms with Crippen molar-refractivity contribution in [3.8, 4) is 0 Å². The van der Waals surface area contributed by atoms with E-state index in [1.54, 1.807) is 32.0 Å². The Labute approximate surface area is 136 Å². The zero-order valence-corrected chi connectivity index (χ0v) is 13.9. The molecule has 0 atom stereocenters. The molecular formula is C14H15N3O3S2. The summed E-state index contributed by atoms with van der Waals surface area (Å²) in [7, 11) is 1.34. The van der Waals surface area contributed by atoms with E-state index in [0.29, 0.717) is 10.7 Å². The number of hydrogen-bond acceptors (Lipinski definition) is 6. The number of methoxy groups -OCH3 is 1. The van der Waals surface area contributed by atoms with E-state index in [4.69, 9.17) is 12.2 Å². The summed E-state index contributed by atoms with van der Waals surface area (Å²) in [5, 5.41) is 6.20. The van der Waals surface area contributed by atoms with Gasteiger partial charge in [-0.2, -0.15) is 0 Å². The maximum atomic E-state index is 11.6. The van der Waals surface area contributed by atoms with Crippen molar-refractivity contribution in [2.75, 3.05) is 12.4 Å². The van der Waals surface area contributed by atoms with E-state index in [-0.39, 0.29) is 16.9 Å². The lowest BCUT2D eigenvalue weighted by atomic mass is 10.2. The molecular weight excluding hydrogens is 322 g/mol. The van der Waals surface area contributed by atoms with Crippen LogP contribution in [0.4, 0.5) is 5.13 Å². The predicted molar refractivity (Wildman–Crippen MR) is 90.2 cm³/mol. The molecule has 8 heteroatoms. The average Bonchev–Trinajstić information content (AvgIpc) is 2.86. The van der Waals surface area contributed by atoms with Crippen LogP contribution in [0.25, 0.3) is 10.2 Å². The van der Waals surface area contributed by atoms with Crippen molar-refractivity contribution in [2.45, 2.75) is 13.8 Å². The Hall–Kier alpha value is -2.06. The smallest absolute Gasteiger partial charge is 0.337 e. The lowest BCUT2D eigenvalue weighted by Crippen LogP contribution is -2.36. The molecule has 6 nitrogen and oxygen atoms in total. The van der Waals surface area contributed by atoms with Crippen LogP contribution in [0.3, 0.4) is 0 Å². The second kappa shape index (κ2) is 6.80. The molecule has 1 heterocycles. The highest BCUT2D eigenvalue weighted by atomic mass is 32.1. The van der Waals surface area contributed by atoms with Crippen LogP contribution in [-0.2, 0) is 9.53 Å². The van der Waals surface area contributed by atoms with Gasteiger partial charge in [0.15, 0.2) is 10.2 Å². The van der Waals surface area contributed by atoms with Crippen molar-refractivity contribution in [3.05, 3.63) is 23.8 Å². The van der Waals surface area contributed by atoms with Gasteiger partial charge in [-0.3, -0.25) is 4.79 Å². The fourth-order valence-electron chi connectivity index (χ4n) is 1.61. The number of aromatic nitrogens is 1. The van der Waals surface area contributed by atoms with Crippen LogP contribution in [0.5, 0.6) is 0 Å². The number of anilines is 1. The number of amides is 1. The number of fused-ring (bicyclic) bond motifs is 1. The topological polar surface area (TPSA) is 80.3 Å². The number of benzene rings is 1. The highest BCUT2D eigenvalue weighted by Gasteiger charge is 2.12. The third kappa shape index (κ3) is 3.77. The van der Waals surface area contributed by atoms with E-state index >= 15 is 0 Å². The first-order valence-electron chi connectivity index (χ1n) is 6.51. The summed E-state index contributed by atoms with van der Waals surface area (Å²) >= 11 is 6.41. The number of hydrogen-bond donors (Lipinski definition) is 2. The van der Waals surface area contributed by atoms with Crippen LogP contribution in [0, 0.1) is 5.92 Å². The van der Waals surface area contributed by atoms with Crippen LogP contribution < -0.4 is 10.6 Å². The molecule has 1 aromatic carbocycles. The number of nitrogens with one attached hydrogen (secondary N) is 2. The molecule has 0 aliphatic carbocycles. The van der Waals surface area contributed by atoms with Crippen molar-refractivity contribution in [3.63, 3.8) is 0 Å². The maximum absolute atomic E-state index is 11.6. The zero-order chi connectivity index (χ0) is 16.3. The van der Waals surface area contributed by atoms with Crippen molar-refractivity contribution < 1.29 is 14.3 Å². The molecule has 22 heavy (non-hydrogen) atoms. The van der Waals surface area contributed by atoms with Gasteiger partial charge in [0, 0.05) is 5.92 Å². The minimum Gasteiger partial charge on any atom is -0.465 e. The van der Waals surface area contributed by atoms with Crippen molar-refractivity contribution in [1.29, 1.82) is 0 Å². The summed E-state index contributed by atoms with van der Waals surface area (Å²) in [5.41, 5.74) is 1.19. The first-order valence-corrected chi connectivity index (χ1v) is 7.74. The number of thiazole rings is 1. The molecule has 0 aliphatic rings. The monoisotopic (exact) mass is 337 g/mol. The lowest BCUT2D eigenvalue weighted by molar-refractivity contribution is -0.122. The summed E-state index contributed by atoms with van der Waals surface area (Å²) in [6.45, 7) is 3.56. The van der Waals surface area contributed by atoms with E-state index in [9.17, 15) is 9.59 Å². The molecule has 0 unspecified atom stereocenters. The molecule has 0 radical (unpaired) electrons. The van der Waals surface area contributed by atoms with E-state index in [0.717, 1.165) is 10.2 Å². The summed E-state index contributed by atoms with van der Waals surface area (Å²) in [4.78, 5) is 27.4. The Bertz CT molecular complexity index is 740. The summed E-state index contributed by atoms with van der Waals surface area (Å²) in [5.74, 6) is -0.714. The molecule has 116 valence electrons. The molecule has 0 spiro atoms. The molecule has 0 saturated heterocycles. The molecule has 2 aromatic rings. The molecule has 2 N–H and O–H groups in total. The maximum Gasteiger partial charge on any atom is 0.337 e. The summed E-state index contributed by atoms with van der Waals surface area (Å²) in [6.07, 6.45) is 0. The van der Waals surface area contributed by atoms with Crippen LogP contribution in [-0.4, -0.2) is 29.1 Å². The van der Waals surface area contributed by atoms with Gasteiger partial charge in [-0.05, 0) is 30.4 Å². The van der Waals surface area contributed by atoms with E-state index < -0.39 is 5.97 Å².